The van der Waals surface area contributed by atoms with Gasteiger partial charge in [0.15, 0.2) is 0 Å². The first-order chi connectivity index (χ1) is 9.27. The third-order valence-electron chi connectivity index (χ3n) is 3.42. The molecule has 4 heteroatoms. The predicted molar refractivity (Wildman–Crippen MR) is 80.5 cm³/mol. The molecular weight excluding hydrogens is 252 g/mol. The van der Waals surface area contributed by atoms with Crippen molar-refractivity contribution in [2.24, 2.45) is 5.92 Å². The van der Waals surface area contributed by atoms with Gasteiger partial charge in [-0.2, -0.15) is 0 Å². The second kappa shape index (κ2) is 5.35. The molecule has 0 radical (unpaired) electrons. The van der Waals surface area contributed by atoms with E-state index in [-0.39, 0.29) is 17.6 Å². The highest BCUT2D eigenvalue weighted by atomic mass is 16.5. The number of hydrogen-bond acceptors (Lipinski definition) is 3. The van der Waals surface area contributed by atoms with Gasteiger partial charge in [-0.15, -0.1) is 0 Å². The van der Waals surface area contributed by atoms with Crippen molar-refractivity contribution in [2.45, 2.75) is 52.2 Å². The number of ether oxygens (including phenoxy) is 1. The number of amides is 1. The summed E-state index contributed by atoms with van der Waals surface area (Å²) in [7, 11) is 0. The lowest BCUT2D eigenvalue weighted by Crippen LogP contribution is -2.41. The molecule has 1 aliphatic heterocycles. The summed E-state index contributed by atoms with van der Waals surface area (Å²) >= 11 is 0. The number of nitrogen functional groups attached to an aromatic ring is 1. The van der Waals surface area contributed by atoms with E-state index in [0.29, 0.717) is 18.0 Å². The maximum atomic E-state index is 12.0. The number of benzene rings is 1. The van der Waals surface area contributed by atoms with Gasteiger partial charge in [0.1, 0.15) is 11.4 Å². The van der Waals surface area contributed by atoms with Crippen LogP contribution < -0.4 is 15.8 Å². The third kappa shape index (κ3) is 3.44. The number of hydrogen-bond donors (Lipinski definition) is 2. The standard InChI is InChI=1S/C16H24N2O2/c1-10(2)7-15(19)18-13-9-16(3,4)20-14-6-5-11(17)8-12(13)14/h5-6,8,10,13H,7,9,17H2,1-4H3,(H,18,19). The maximum absolute atomic E-state index is 12.0. The molecule has 20 heavy (non-hydrogen) atoms. The molecule has 1 heterocycles. The summed E-state index contributed by atoms with van der Waals surface area (Å²) in [6.45, 7) is 8.15. The molecule has 1 unspecified atom stereocenters. The molecule has 2 rings (SSSR count). The van der Waals surface area contributed by atoms with Gasteiger partial charge in [-0.3, -0.25) is 4.79 Å². The van der Waals surface area contributed by atoms with Gasteiger partial charge < -0.3 is 15.8 Å². The molecule has 0 saturated heterocycles. The van der Waals surface area contributed by atoms with Crippen molar-refractivity contribution < 1.29 is 9.53 Å². The number of nitrogens with two attached hydrogens (primary N) is 1. The Hall–Kier alpha value is -1.71. The lowest BCUT2D eigenvalue weighted by Gasteiger charge is -2.38. The van der Waals surface area contributed by atoms with Gasteiger partial charge >= 0.3 is 0 Å². The highest BCUT2D eigenvalue weighted by Crippen LogP contribution is 2.40. The molecule has 1 atom stereocenters. The lowest BCUT2D eigenvalue weighted by atomic mass is 9.89. The number of carbonyl (C=O) groups is 1. The number of fused-ring (bicyclic) bond motifs is 1. The van der Waals surface area contributed by atoms with Crippen LogP contribution in [0.5, 0.6) is 5.75 Å². The van der Waals surface area contributed by atoms with Crippen LogP contribution in [-0.4, -0.2) is 11.5 Å². The summed E-state index contributed by atoms with van der Waals surface area (Å²) in [4.78, 5) is 12.0. The van der Waals surface area contributed by atoms with Crippen molar-refractivity contribution in [1.29, 1.82) is 0 Å². The zero-order valence-electron chi connectivity index (χ0n) is 12.7. The zero-order chi connectivity index (χ0) is 14.9. The van der Waals surface area contributed by atoms with Gasteiger partial charge in [0, 0.05) is 24.1 Å². The molecule has 1 aromatic carbocycles. The molecule has 0 aliphatic carbocycles. The fourth-order valence-electron chi connectivity index (χ4n) is 2.63. The molecule has 110 valence electrons. The maximum Gasteiger partial charge on any atom is 0.220 e. The van der Waals surface area contributed by atoms with Crippen molar-refractivity contribution in [1.82, 2.24) is 5.32 Å². The molecule has 0 saturated carbocycles. The first-order valence-electron chi connectivity index (χ1n) is 7.14. The number of nitrogens with one attached hydrogen (secondary N) is 1. The van der Waals surface area contributed by atoms with Crippen LogP contribution in [0, 0.1) is 5.92 Å². The van der Waals surface area contributed by atoms with E-state index >= 15 is 0 Å². The average molecular weight is 276 g/mol. The fraction of sp³-hybridized carbons (Fsp3) is 0.562. The van der Waals surface area contributed by atoms with E-state index < -0.39 is 0 Å². The van der Waals surface area contributed by atoms with Crippen molar-refractivity contribution in [3.05, 3.63) is 23.8 Å². The first-order valence-corrected chi connectivity index (χ1v) is 7.14. The van der Waals surface area contributed by atoms with E-state index in [1.807, 2.05) is 45.9 Å². The predicted octanol–water partition coefficient (Wildman–Crippen LogP) is 3.03. The molecule has 1 amide bonds. The summed E-state index contributed by atoms with van der Waals surface area (Å²) in [6.07, 6.45) is 1.28. The molecule has 0 spiro atoms. The Kier molecular flexibility index (Phi) is 3.93. The molecule has 1 aromatic rings. The van der Waals surface area contributed by atoms with E-state index in [9.17, 15) is 4.79 Å². The Balaban J connectivity index is 2.24. The first kappa shape index (κ1) is 14.7. The SMILES string of the molecule is CC(C)CC(=O)NC1CC(C)(C)Oc2ccc(N)cc21. The Morgan fingerprint density at radius 3 is 2.85 bits per heavy atom. The number of anilines is 1. The molecule has 0 aromatic heterocycles. The van der Waals surface area contributed by atoms with Gasteiger partial charge in [0.25, 0.3) is 0 Å². The van der Waals surface area contributed by atoms with Crippen molar-refractivity contribution >= 4 is 11.6 Å². The van der Waals surface area contributed by atoms with Gasteiger partial charge in [-0.25, -0.2) is 0 Å². The largest absolute Gasteiger partial charge is 0.487 e. The van der Waals surface area contributed by atoms with Gasteiger partial charge in [-0.1, -0.05) is 13.8 Å². The Morgan fingerprint density at radius 1 is 1.50 bits per heavy atom. The second-order valence-electron chi connectivity index (χ2n) is 6.58. The number of carbonyl (C=O) groups excluding carboxylic acids is 1. The van der Waals surface area contributed by atoms with Crippen LogP contribution in [0.4, 0.5) is 5.69 Å². The minimum Gasteiger partial charge on any atom is -0.487 e. The van der Waals surface area contributed by atoms with Crippen LogP contribution in [0.25, 0.3) is 0 Å². The molecular formula is C16H24N2O2. The van der Waals surface area contributed by atoms with E-state index in [0.717, 1.165) is 17.7 Å². The average Bonchev–Trinajstić information content (AvgIpc) is 2.28. The highest BCUT2D eigenvalue weighted by molar-refractivity contribution is 5.77. The van der Waals surface area contributed by atoms with Crippen LogP contribution in [0.2, 0.25) is 0 Å². The third-order valence-corrected chi connectivity index (χ3v) is 3.42. The van der Waals surface area contributed by atoms with Crippen LogP contribution >= 0.6 is 0 Å². The van der Waals surface area contributed by atoms with Gasteiger partial charge in [0.2, 0.25) is 5.91 Å². The van der Waals surface area contributed by atoms with E-state index in [4.69, 9.17) is 10.5 Å². The Morgan fingerprint density at radius 2 is 2.20 bits per heavy atom. The molecule has 0 fully saturated rings. The Bertz CT molecular complexity index is 509. The fourth-order valence-corrected chi connectivity index (χ4v) is 2.63. The van der Waals surface area contributed by atoms with Crippen molar-refractivity contribution in [2.75, 3.05) is 5.73 Å². The summed E-state index contributed by atoms with van der Waals surface area (Å²) in [5.41, 5.74) is 7.23. The smallest absolute Gasteiger partial charge is 0.220 e. The number of rotatable bonds is 3. The molecule has 3 N–H and O–H groups in total. The van der Waals surface area contributed by atoms with Crippen LogP contribution in [-0.2, 0) is 4.79 Å². The lowest BCUT2D eigenvalue weighted by molar-refractivity contribution is -0.123. The summed E-state index contributed by atoms with van der Waals surface area (Å²) in [5, 5.41) is 3.11. The normalized spacial score (nSPS) is 20.1. The van der Waals surface area contributed by atoms with E-state index in [1.165, 1.54) is 0 Å². The quantitative estimate of drug-likeness (QED) is 0.834. The van der Waals surface area contributed by atoms with Gasteiger partial charge in [0.05, 0.1) is 6.04 Å². The summed E-state index contributed by atoms with van der Waals surface area (Å²) < 4.78 is 5.96. The minimum absolute atomic E-state index is 0.0384. The van der Waals surface area contributed by atoms with Crippen molar-refractivity contribution in [3.8, 4) is 5.75 Å². The van der Waals surface area contributed by atoms with Gasteiger partial charge in [-0.05, 0) is 38.0 Å². The van der Waals surface area contributed by atoms with E-state index in [2.05, 4.69) is 5.32 Å². The summed E-state index contributed by atoms with van der Waals surface area (Å²) in [6, 6.07) is 5.56. The second-order valence-corrected chi connectivity index (χ2v) is 6.58. The zero-order valence-corrected chi connectivity index (χ0v) is 12.7. The van der Waals surface area contributed by atoms with Crippen LogP contribution in [0.3, 0.4) is 0 Å². The van der Waals surface area contributed by atoms with Crippen LogP contribution in [0.1, 0.15) is 52.1 Å². The Labute approximate surface area is 120 Å². The molecule has 1 aliphatic rings. The minimum atomic E-state index is -0.293. The molecule has 4 nitrogen and oxygen atoms in total. The molecule has 0 bridgehead atoms. The van der Waals surface area contributed by atoms with Crippen LogP contribution in [0.15, 0.2) is 18.2 Å². The van der Waals surface area contributed by atoms with E-state index in [1.54, 1.807) is 0 Å². The monoisotopic (exact) mass is 276 g/mol. The summed E-state index contributed by atoms with van der Waals surface area (Å²) in [5.74, 6) is 1.24. The topological polar surface area (TPSA) is 64.3 Å². The van der Waals surface area contributed by atoms with Crippen molar-refractivity contribution in [3.63, 3.8) is 0 Å². The highest BCUT2D eigenvalue weighted by Gasteiger charge is 2.34.